The second-order valence-electron chi connectivity index (χ2n) is 5.98. The minimum Gasteiger partial charge on any atom is -0.342 e. The number of hydrogen-bond acceptors (Lipinski definition) is 3. The number of rotatable bonds is 1. The van der Waals surface area contributed by atoms with Crippen molar-refractivity contribution in [3.8, 4) is 0 Å². The van der Waals surface area contributed by atoms with E-state index in [1.165, 1.54) is 5.56 Å². The first-order valence-electron chi connectivity index (χ1n) is 7.23. The highest BCUT2D eigenvalue weighted by Crippen LogP contribution is 2.34. The van der Waals surface area contributed by atoms with Gasteiger partial charge in [0.15, 0.2) is 0 Å². The summed E-state index contributed by atoms with van der Waals surface area (Å²) in [6.45, 7) is 5.89. The fourth-order valence-electron chi connectivity index (χ4n) is 3.27. The van der Waals surface area contributed by atoms with Crippen LogP contribution < -0.4 is 0 Å². The monoisotopic (exact) mass is 259 g/mol. The van der Waals surface area contributed by atoms with Crippen molar-refractivity contribution < 1.29 is 4.79 Å². The smallest absolute Gasteiger partial charge is 0.225 e. The number of aryl methyl sites for hydroxylation is 1. The normalized spacial score (nSPS) is 26.3. The van der Waals surface area contributed by atoms with Gasteiger partial charge >= 0.3 is 0 Å². The third-order valence-electron chi connectivity index (χ3n) is 4.53. The van der Waals surface area contributed by atoms with E-state index in [1.54, 1.807) is 6.33 Å². The van der Waals surface area contributed by atoms with Crippen LogP contribution in [-0.4, -0.2) is 33.9 Å². The quantitative estimate of drug-likeness (QED) is 0.772. The summed E-state index contributed by atoms with van der Waals surface area (Å²) >= 11 is 0. The maximum absolute atomic E-state index is 12.4. The molecule has 3 rings (SSSR count). The molecule has 0 saturated heterocycles. The van der Waals surface area contributed by atoms with Crippen LogP contribution in [0.4, 0.5) is 0 Å². The highest BCUT2D eigenvalue weighted by molar-refractivity contribution is 5.79. The first-order valence-corrected chi connectivity index (χ1v) is 7.23. The Hall–Kier alpha value is -1.45. The maximum atomic E-state index is 12.4. The second kappa shape index (κ2) is 4.91. The van der Waals surface area contributed by atoms with Crippen LogP contribution >= 0.6 is 0 Å². The number of amides is 1. The van der Waals surface area contributed by atoms with Crippen LogP contribution in [0.25, 0.3) is 0 Å². The predicted molar refractivity (Wildman–Crippen MR) is 72.6 cm³/mol. The van der Waals surface area contributed by atoms with E-state index in [4.69, 9.17) is 0 Å². The van der Waals surface area contributed by atoms with E-state index >= 15 is 0 Å². The van der Waals surface area contributed by atoms with Crippen molar-refractivity contribution >= 4 is 5.91 Å². The molecule has 0 aromatic carbocycles. The molecule has 0 spiro atoms. The van der Waals surface area contributed by atoms with Crippen LogP contribution in [-0.2, 0) is 17.6 Å². The molecule has 1 aromatic heterocycles. The zero-order valence-electron chi connectivity index (χ0n) is 11.7. The third-order valence-corrected chi connectivity index (χ3v) is 4.53. The van der Waals surface area contributed by atoms with Crippen LogP contribution in [0.15, 0.2) is 6.33 Å². The minimum atomic E-state index is 0.281. The average Bonchev–Trinajstić information content (AvgIpc) is 2.58. The van der Waals surface area contributed by atoms with Gasteiger partial charge in [-0.3, -0.25) is 4.79 Å². The van der Waals surface area contributed by atoms with E-state index < -0.39 is 0 Å². The zero-order chi connectivity index (χ0) is 13.4. The van der Waals surface area contributed by atoms with Gasteiger partial charge in [0, 0.05) is 36.8 Å². The molecule has 1 amide bonds. The number of fused-ring (bicyclic) bond motifs is 1. The molecule has 4 nitrogen and oxygen atoms in total. The molecule has 1 fully saturated rings. The van der Waals surface area contributed by atoms with Gasteiger partial charge in [-0.25, -0.2) is 9.97 Å². The van der Waals surface area contributed by atoms with Crippen molar-refractivity contribution in [2.75, 3.05) is 13.1 Å². The van der Waals surface area contributed by atoms with Gasteiger partial charge in [0.25, 0.3) is 0 Å². The topological polar surface area (TPSA) is 46.1 Å². The number of nitrogens with zero attached hydrogens (tertiary/aromatic N) is 3. The molecule has 0 unspecified atom stereocenters. The average molecular weight is 259 g/mol. The van der Waals surface area contributed by atoms with Gasteiger partial charge in [0.05, 0.1) is 0 Å². The SMILES string of the molecule is Cc1ncnc2c1CCN(C(=O)C1CC(C)C1)CC2. The Morgan fingerprint density at radius 3 is 2.74 bits per heavy atom. The summed E-state index contributed by atoms with van der Waals surface area (Å²) < 4.78 is 0. The van der Waals surface area contributed by atoms with Crippen LogP contribution in [0.5, 0.6) is 0 Å². The van der Waals surface area contributed by atoms with E-state index in [9.17, 15) is 4.79 Å². The Labute approximate surface area is 114 Å². The summed E-state index contributed by atoms with van der Waals surface area (Å²) in [5.74, 6) is 1.37. The summed E-state index contributed by atoms with van der Waals surface area (Å²) in [6.07, 6.45) is 5.55. The highest BCUT2D eigenvalue weighted by atomic mass is 16.2. The summed E-state index contributed by atoms with van der Waals surface area (Å²) in [7, 11) is 0. The van der Waals surface area contributed by atoms with E-state index in [0.717, 1.165) is 56.1 Å². The van der Waals surface area contributed by atoms with E-state index in [-0.39, 0.29) is 5.92 Å². The third kappa shape index (κ3) is 2.36. The van der Waals surface area contributed by atoms with Crippen molar-refractivity contribution in [3.05, 3.63) is 23.3 Å². The van der Waals surface area contributed by atoms with Crippen LogP contribution in [0.3, 0.4) is 0 Å². The van der Waals surface area contributed by atoms with Gasteiger partial charge in [-0.1, -0.05) is 6.92 Å². The molecule has 2 heterocycles. The molecule has 0 radical (unpaired) electrons. The number of aromatic nitrogens is 2. The number of hydrogen-bond donors (Lipinski definition) is 0. The molecule has 1 aliphatic carbocycles. The molecule has 102 valence electrons. The largest absolute Gasteiger partial charge is 0.342 e. The Bertz CT molecular complexity index is 494. The minimum absolute atomic E-state index is 0.281. The van der Waals surface area contributed by atoms with Crippen LogP contribution in [0.2, 0.25) is 0 Å². The van der Waals surface area contributed by atoms with Crippen molar-refractivity contribution in [2.24, 2.45) is 11.8 Å². The molecular formula is C15H21N3O. The van der Waals surface area contributed by atoms with E-state index in [1.807, 2.05) is 11.8 Å². The lowest BCUT2D eigenvalue weighted by molar-refractivity contribution is -0.139. The Balaban J connectivity index is 1.70. The van der Waals surface area contributed by atoms with Gasteiger partial charge in [0.2, 0.25) is 5.91 Å². The van der Waals surface area contributed by atoms with Gasteiger partial charge in [0.1, 0.15) is 6.33 Å². The highest BCUT2D eigenvalue weighted by Gasteiger charge is 2.34. The van der Waals surface area contributed by atoms with Crippen molar-refractivity contribution in [1.82, 2.24) is 14.9 Å². The van der Waals surface area contributed by atoms with Crippen molar-refractivity contribution in [3.63, 3.8) is 0 Å². The second-order valence-corrected chi connectivity index (χ2v) is 5.98. The molecule has 1 saturated carbocycles. The van der Waals surface area contributed by atoms with Gasteiger partial charge in [-0.2, -0.15) is 0 Å². The van der Waals surface area contributed by atoms with E-state index in [2.05, 4.69) is 16.9 Å². The molecule has 0 atom stereocenters. The Morgan fingerprint density at radius 2 is 2.00 bits per heavy atom. The zero-order valence-corrected chi connectivity index (χ0v) is 11.7. The molecule has 0 N–H and O–H groups in total. The first-order chi connectivity index (χ1) is 9.15. The lowest BCUT2D eigenvalue weighted by Crippen LogP contribution is -2.42. The molecular weight excluding hydrogens is 238 g/mol. The maximum Gasteiger partial charge on any atom is 0.225 e. The van der Waals surface area contributed by atoms with Gasteiger partial charge < -0.3 is 4.90 Å². The molecule has 1 aromatic rings. The first kappa shape index (κ1) is 12.6. The lowest BCUT2D eigenvalue weighted by Gasteiger charge is -2.35. The lowest BCUT2D eigenvalue weighted by atomic mass is 9.75. The molecule has 4 heteroatoms. The standard InChI is InChI=1S/C15H21N3O/c1-10-7-12(8-10)15(19)18-5-3-13-11(2)16-9-17-14(13)4-6-18/h9-10,12H,3-8H2,1-2H3. The van der Waals surface area contributed by atoms with Crippen LogP contribution in [0, 0.1) is 18.8 Å². The fourth-order valence-corrected chi connectivity index (χ4v) is 3.27. The summed E-state index contributed by atoms with van der Waals surface area (Å²) in [6, 6.07) is 0. The molecule has 2 aliphatic rings. The van der Waals surface area contributed by atoms with Gasteiger partial charge in [-0.15, -0.1) is 0 Å². The fraction of sp³-hybridized carbons (Fsp3) is 0.667. The van der Waals surface area contributed by atoms with Gasteiger partial charge in [-0.05, 0) is 37.7 Å². The number of carbonyl (C=O) groups is 1. The summed E-state index contributed by atoms with van der Waals surface area (Å²) in [4.78, 5) is 23.1. The summed E-state index contributed by atoms with van der Waals surface area (Å²) in [5, 5.41) is 0. The molecule has 1 aliphatic heterocycles. The Morgan fingerprint density at radius 1 is 1.26 bits per heavy atom. The van der Waals surface area contributed by atoms with E-state index in [0.29, 0.717) is 5.91 Å². The predicted octanol–water partition coefficient (Wildman–Crippen LogP) is 1.76. The van der Waals surface area contributed by atoms with Crippen molar-refractivity contribution in [2.45, 2.75) is 39.5 Å². The number of carbonyl (C=O) groups excluding carboxylic acids is 1. The van der Waals surface area contributed by atoms with Crippen molar-refractivity contribution in [1.29, 1.82) is 0 Å². The Kier molecular flexibility index (Phi) is 3.25. The molecule has 19 heavy (non-hydrogen) atoms. The van der Waals surface area contributed by atoms with Crippen LogP contribution in [0.1, 0.15) is 36.7 Å². The summed E-state index contributed by atoms with van der Waals surface area (Å²) in [5.41, 5.74) is 3.45. The molecule has 0 bridgehead atoms.